The number of pyridine rings is 1. The minimum Gasteiger partial charge on any atom is -0.486 e. The summed E-state index contributed by atoms with van der Waals surface area (Å²) in [5, 5.41) is 0.473. The van der Waals surface area contributed by atoms with E-state index in [9.17, 15) is 0 Å². The van der Waals surface area contributed by atoms with Gasteiger partial charge in [-0.25, -0.2) is 4.98 Å². The third kappa shape index (κ3) is 3.19. The zero-order valence-corrected chi connectivity index (χ0v) is 10.8. The molecule has 5 heteroatoms. The molecule has 0 spiro atoms. The summed E-state index contributed by atoms with van der Waals surface area (Å²) < 4.78 is 6.64. The van der Waals surface area contributed by atoms with E-state index in [2.05, 4.69) is 20.9 Å². The van der Waals surface area contributed by atoms with Crippen molar-refractivity contribution >= 4 is 38.9 Å². The van der Waals surface area contributed by atoms with Gasteiger partial charge in [-0.15, -0.1) is 11.3 Å². The van der Waals surface area contributed by atoms with Crippen molar-refractivity contribution in [3.05, 3.63) is 44.3 Å². The molecule has 0 aromatic carbocycles. The summed E-state index contributed by atoms with van der Waals surface area (Å²) >= 11 is 10.7. The van der Waals surface area contributed by atoms with E-state index < -0.39 is 0 Å². The van der Waals surface area contributed by atoms with Gasteiger partial charge < -0.3 is 4.74 Å². The molecule has 2 nitrogen and oxygen atoms in total. The van der Waals surface area contributed by atoms with Crippen LogP contribution in [0.2, 0.25) is 5.15 Å². The van der Waals surface area contributed by atoms with Crippen LogP contribution in [0.25, 0.3) is 0 Å². The average Bonchev–Trinajstić information content (AvgIpc) is 2.64. The van der Waals surface area contributed by atoms with Gasteiger partial charge in [-0.05, 0) is 40.2 Å². The van der Waals surface area contributed by atoms with Crippen LogP contribution < -0.4 is 4.74 Å². The topological polar surface area (TPSA) is 22.1 Å². The molecule has 0 aliphatic heterocycles. The fourth-order valence-electron chi connectivity index (χ4n) is 1.03. The van der Waals surface area contributed by atoms with Gasteiger partial charge in [0.25, 0.3) is 0 Å². The van der Waals surface area contributed by atoms with E-state index in [4.69, 9.17) is 16.3 Å². The molecule has 0 saturated carbocycles. The first kappa shape index (κ1) is 10.9. The minimum atomic E-state index is 0.473. The van der Waals surface area contributed by atoms with Crippen LogP contribution in [0.4, 0.5) is 0 Å². The maximum Gasteiger partial charge on any atom is 0.138 e. The number of ether oxygens (including phenoxy) is 1. The highest BCUT2D eigenvalue weighted by molar-refractivity contribution is 9.11. The monoisotopic (exact) mass is 303 g/mol. The van der Waals surface area contributed by atoms with Crippen molar-refractivity contribution in [1.29, 1.82) is 0 Å². The quantitative estimate of drug-likeness (QED) is 0.795. The summed E-state index contributed by atoms with van der Waals surface area (Å²) in [6.45, 7) is 0.555. The Kier molecular flexibility index (Phi) is 3.61. The van der Waals surface area contributed by atoms with E-state index in [1.807, 2.05) is 12.1 Å². The second-order valence-electron chi connectivity index (χ2n) is 2.81. The zero-order chi connectivity index (χ0) is 10.7. The van der Waals surface area contributed by atoms with Crippen LogP contribution in [-0.4, -0.2) is 4.98 Å². The highest BCUT2D eigenvalue weighted by Crippen LogP contribution is 2.23. The summed E-state index contributed by atoms with van der Waals surface area (Å²) in [5.41, 5.74) is 0. The van der Waals surface area contributed by atoms with Crippen molar-refractivity contribution in [2.24, 2.45) is 0 Å². The van der Waals surface area contributed by atoms with Gasteiger partial charge in [0, 0.05) is 4.88 Å². The van der Waals surface area contributed by atoms with E-state index in [1.54, 1.807) is 29.7 Å². The second kappa shape index (κ2) is 4.96. The van der Waals surface area contributed by atoms with Gasteiger partial charge in [0.2, 0.25) is 0 Å². The number of thiophene rings is 1. The van der Waals surface area contributed by atoms with Crippen molar-refractivity contribution in [2.75, 3.05) is 0 Å². The van der Waals surface area contributed by atoms with E-state index in [-0.39, 0.29) is 0 Å². The standard InChI is InChI=1S/C10H7BrClNOS/c11-9-3-2-8(15-9)6-14-7-1-4-10(12)13-5-7/h1-5H,6H2. The molecule has 0 unspecified atom stereocenters. The molecule has 78 valence electrons. The fraction of sp³-hybridized carbons (Fsp3) is 0.100. The van der Waals surface area contributed by atoms with Crippen LogP contribution in [0.5, 0.6) is 5.75 Å². The van der Waals surface area contributed by atoms with Gasteiger partial charge >= 0.3 is 0 Å². The number of rotatable bonds is 3. The summed E-state index contributed by atoms with van der Waals surface area (Å²) in [4.78, 5) is 5.09. The van der Waals surface area contributed by atoms with Crippen LogP contribution in [0.3, 0.4) is 0 Å². The number of halogens is 2. The molecular formula is C10H7BrClNOS. The summed E-state index contributed by atoms with van der Waals surface area (Å²) in [5.74, 6) is 0.726. The molecule has 0 bridgehead atoms. The average molecular weight is 305 g/mol. The molecular weight excluding hydrogens is 298 g/mol. The van der Waals surface area contributed by atoms with Crippen LogP contribution in [0, 0.1) is 0 Å². The van der Waals surface area contributed by atoms with Crippen LogP contribution in [0.15, 0.2) is 34.2 Å². The maximum atomic E-state index is 5.66. The molecule has 2 heterocycles. The van der Waals surface area contributed by atoms with Gasteiger partial charge in [0.05, 0.1) is 9.98 Å². The third-order valence-corrected chi connectivity index (χ3v) is 3.53. The number of aromatic nitrogens is 1. The number of hydrogen-bond acceptors (Lipinski definition) is 3. The lowest BCUT2D eigenvalue weighted by Crippen LogP contribution is -1.92. The lowest BCUT2D eigenvalue weighted by molar-refractivity contribution is 0.308. The maximum absolute atomic E-state index is 5.66. The molecule has 0 radical (unpaired) electrons. The van der Waals surface area contributed by atoms with Crippen molar-refractivity contribution in [3.63, 3.8) is 0 Å². The molecule has 0 saturated heterocycles. The Hall–Kier alpha value is -0.580. The SMILES string of the molecule is Clc1ccc(OCc2ccc(Br)s2)cn1. The molecule has 0 amide bonds. The van der Waals surface area contributed by atoms with Crippen molar-refractivity contribution in [2.45, 2.75) is 6.61 Å². The van der Waals surface area contributed by atoms with Gasteiger partial charge in [0.15, 0.2) is 0 Å². The molecule has 0 aliphatic rings. The molecule has 2 rings (SSSR count). The predicted molar refractivity (Wildman–Crippen MR) is 65.6 cm³/mol. The van der Waals surface area contributed by atoms with E-state index in [0.29, 0.717) is 11.8 Å². The highest BCUT2D eigenvalue weighted by Gasteiger charge is 1.99. The van der Waals surface area contributed by atoms with Crippen molar-refractivity contribution in [3.8, 4) is 5.75 Å². The molecule has 2 aromatic heterocycles. The Morgan fingerprint density at radius 3 is 2.80 bits per heavy atom. The third-order valence-electron chi connectivity index (χ3n) is 1.71. The Balaban J connectivity index is 1.96. The van der Waals surface area contributed by atoms with E-state index >= 15 is 0 Å². The minimum absolute atomic E-state index is 0.473. The first-order valence-electron chi connectivity index (χ1n) is 4.22. The van der Waals surface area contributed by atoms with Gasteiger partial charge in [-0.3, -0.25) is 0 Å². The molecule has 2 aromatic rings. The van der Waals surface area contributed by atoms with Crippen LogP contribution in [0.1, 0.15) is 4.88 Å². The summed E-state index contributed by atoms with van der Waals surface area (Å²) in [7, 11) is 0. The first-order chi connectivity index (χ1) is 7.24. The summed E-state index contributed by atoms with van der Waals surface area (Å²) in [6.07, 6.45) is 1.62. The second-order valence-corrected chi connectivity index (χ2v) is 5.75. The lowest BCUT2D eigenvalue weighted by atomic mass is 10.4. The summed E-state index contributed by atoms with van der Waals surface area (Å²) in [6, 6.07) is 7.54. The lowest BCUT2D eigenvalue weighted by Gasteiger charge is -2.03. The number of nitrogens with zero attached hydrogens (tertiary/aromatic N) is 1. The Morgan fingerprint density at radius 1 is 1.33 bits per heavy atom. The normalized spacial score (nSPS) is 10.3. The van der Waals surface area contributed by atoms with Crippen LogP contribution >= 0.6 is 38.9 Å². The molecule has 0 aliphatic carbocycles. The van der Waals surface area contributed by atoms with Crippen LogP contribution in [-0.2, 0) is 6.61 Å². The molecule has 0 N–H and O–H groups in total. The smallest absolute Gasteiger partial charge is 0.138 e. The largest absolute Gasteiger partial charge is 0.486 e. The fourth-order valence-corrected chi connectivity index (χ4v) is 2.54. The highest BCUT2D eigenvalue weighted by atomic mass is 79.9. The number of hydrogen-bond donors (Lipinski definition) is 0. The van der Waals surface area contributed by atoms with E-state index in [0.717, 1.165) is 14.4 Å². The predicted octanol–water partition coefficient (Wildman–Crippen LogP) is 4.14. The Labute approximate surface area is 105 Å². The zero-order valence-electron chi connectivity index (χ0n) is 7.61. The Bertz CT molecular complexity index is 443. The van der Waals surface area contributed by atoms with E-state index in [1.165, 1.54) is 0 Å². The molecule has 15 heavy (non-hydrogen) atoms. The van der Waals surface area contributed by atoms with Crippen molar-refractivity contribution < 1.29 is 4.74 Å². The van der Waals surface area contributed by atoms with Gasteiger partial charge in [-0.1, -0.05) is 11.6 Å². The molecule has 0 atom stereocenters. The first-order valence-corrected chi connectivity index (χ1v) is 6.21. The van der Waals surface area contributed by atoms with Crippen molar-refractivity contribution in [1.82, 2.24) is 4.98 Å². The molecule has 0 fully saturated rings. The van der Waals surface area contributed by atoms with Gasteiger partial charge in [0.1, 0.15) is 17.5 Å². The van der Waals surface area contributed by atoms with Gasteiger partial charge in [-0.2, -0.15) is 0 Å². The Morgan fingerprint density at radius 2 is 2.20 bits per heavy atom.